The Balaban J connectivity index is 1.86. The summed E-state index contributed by atoms with van der Waals surface area (Å²) < 4.78 is 5.70. The van der Waals surface area contributed by atoms with Crippen molar-refractivity contribution in [3.05, 3.63) is 64.1 Å². The fraction of sp³-hybridized carbons (Fsp3) is 0.176. The van der Waals surface area contributed by atoms with Crippen molar-refractivity contribution in [2.75, 3.05) is 11.9 Å². The topological polar surface area (TPSA) is 75.6 Å². The molecular formula is C17H16BrNO4. The molecule has 2 aromatic rings. The van der Waals surface area contributed by atoms with Crippen LogP contribution in [0.3, 0.4) is 0 Å². The molecule has 120 valence electrons. The van der Waals surface area contributed by atoms with Gasteiger partial charge in [-0.3, -0.25) is 4.79 Å². The SMILES string of the molecule is Cc1ccc(NC(=O)COC(=O)[C@H](O)c2ccccc2)cc1Br. The zero-order valence-corrected chi connectivity index (χ0v) is 14.0. The number of esters is 1. The van der Waals surface area contributed by atoms with Gasteiger partial charge < -0.3 is 15.2 Å². The van der Waals surface area contributed by atoms with Gasteiger partial charge in [0.05, 0.1) is 0 Å². The summed E-state index contributed by atoms with van der Waals surface area (Å²) in [6, 6.07) is 13.7. The fourth-order valence-corrected chi connectivity index (χ4v) is 2.23. The van der Waals surface area contributed by atoms with Gasteiger partial charge in [0.25, 0.3) is 5.91 Å². The van der Waals surface area contributed by atoms with Gasteiger partial charge in [-0.15, -0.1) is 0 Å². The maximum atomic E-state index is 11.8. The Morgan fingerprint density at radius 2 is 1.91 bits per heavy atom. The summed E-state index contributed by atoms with van der Waals surface area (Å²) in [4.78, 5) is 23.5. The molecule has 0 aliphatic carbocycles. The Kier molecular flexibility index (Phi) is 5.90. The van der Waals surface area contributed by atoms with Gasteiger partial charge in [-0.25, -0.2) is 4.79 Å². The highest BCUT2D eigenvalue weighted by Gasteiger charge is 2.19. The van der Waals surface area contributed by atoms with E-state index in [1.807, 2.05) is 13.0 Å². The smallest absolute Gasteiger partial charge is 0.340 e. The zero-order chi connectivity index (χ0) is 16.8. The predicted molar refractivity (Wildman–Crippen MR) is 89.9 cm³/mol. The molecule has 0 aliphatic heterocycles. The van der Waals surface area contributed by atoms with Crippen LogP contribution in [0.4, 0.5) is 5.69 Å². The molecule has 2 N–H and O–H groups in total. The molecule has 0 spiro atoms. The maximum Gasteiger partial charge on any atom is 0.340 e. The summed E-state index contributed by atoms with van der Waals surface area (Å²) in [5.74, 6) is -1.34. The first-order valence-corrected chi connectivity index (χ1v) is 7.72. The maximum absolute atomic E-state index is 11.8. The normalized spacial score (nSPS) is 11.6. The highest BCUT2D eigenvalue weighted by atomic mass is 79.9. The number of carbonyl (C=O) groups excluding carboxylic acids is 2. The van der Waals surface area contributed by atoms with E-state index in [0.717, 1.165) is 10.0 Å². The number of amides is 1. The van der Waals surface area contributed by atoms with Gasteiger partial charge in [-0.2, -0.15) is 0 Å². The van der Waals surface area contributed by atoms with Gasteiger partial charge in [0.2, 0.25) is 0 Å². The van der Waals surface area contributed by atoms with Crippen molar-refractivity contribution in [2.45, 2.75) is 13.0 Å². The lowest BCUT2D eigenvalue weighted by Gasteiger charge is -2.11. The number of aryl methyl sites for hydroxylation is 1. The van der Waals surface area contributed by atoms with Gasteiger partial charge in [-0.05, 0) is 30.2 Å². The minimum atomic E-state index is -1.41. The molecule has 6 heteroatoms. The second kappa shape index (κ2) is 7.89. The van der Waals surface area contributed by atoms with Crippen molar-refractivity contribution in [3.63, 3.8) is 0 Å². The average molecular weight is 378 g/mol. The molecular weight excluding hydrogens is 362 g/mol. The van der Waals surface area contributed by atoms with E-state index in [1.165, 1.54) is 0 Å². The highest BCUT2D eigenvalue weighted by molar-refractivity contribution is 9.10. The molecule has 0 heterocycles. The van der Waals surface area contributed by atoms with E-state index in [4.69, 9.17) is 4.74 Å². The van der Waals surface area contributed by atoms with Crippen LogP contribution in [0, 0.1) is 6.92 Å². The van der Waals surface area contributed by atoms with Crippen LogP contribution in [-0.4, -0.2) is 23.6 Å². The number of ether oxygens (including phenoxy) is 1. The largest absolute Gasteiger partial charge is 0.453 e. The molecule has 0 radical (unpaired) electrons. The van der Waals surface area contributed by atoms with Crippen molar-refractivity contribution >= 4 is 33.5 Å². The van der Waals surface area contributed by atoms with Gasteiger partial charge in [0.15, 0.2) is 12.7 Å². The van der Waals surface area contributed by atoms with E-state index in [0.29, 0.717) is 11.3 Å². The Morgan fingerprint density at radius 3 is 2.57 bits per heavy atom. The first kappa shape index (κ1) is 17.2. The van der Waals surface area contributed by atoms with Crippen LogP contribution >= 0.6 is 15.9 Å². The number of hydrogen-bond acceptors (Lipinski definition) is 4. The van der Waals surface area contributed by atoms with Gasteiger partial charge in [-0.1, -0.05) is 52.3 Å². The molecule has 0 aromatic heterocycles. The third-order valence-electron chi connectivity index (χ3n) is 3.14. The monoisotopic (exact) mass is 377 g/mol. The van der Waals surface area contributed by atoms with Crippen LogP contribution in [0.5, 0.6) is 0 Å². The third kappa shape index (κ3) is 4.91. The minimum Gasteiger partial charge on any atom is -0.453 e. The highest BCUT2D eigenvalue weighted by Crippen LogP contribution is 2.20. The van der Waals surface area contributed by atoms with E-state index in [1.54, 1.807) is 42.5 Å². The van der Waals surface area contributed by atoms with Crippen LogP contribution in [0.2, 0.25) is 0 Å². The van der Waals surface area contributed by atoms with Crippen molar-refractivity contribution < 1.29 is 19.4 Å². The summed E-state index contributed by atoms with van der Waals surface area (Å²) in [5, 5.41) is 12.5. The number of benzene rings is 2. The summed E-state index contributed by atoms with van der Waals surface area (Å²) in [5.41, 5.74) is 2.05. The van der Waals surface area contributed by atoms with Crippen LogP contribution in [0.25, 0.3) is 0 Å². The van der Waals surface area contributed by atoms with Crippen LogP contribution in [0.15, 0.2) is 53.0 Å². The van der Waals surface area contributed by atoms with Crippen LogP contribution < -0.4 is 5.32 Å². The van der Waals surface area contributed by atoms with E-state index < -0.39 is 24.6 Å². The molecule has 0 bridgehead atoms. The van der Waals surface area contributed by atoms with E-state index in [9.17, 15) is 14.7 Å². The Labute approximate surface area is 142 Å². The van der Waals surface area contributed by atoms with Crippen molar-refractivity contribution in [1.82, 2.24) is 0 Å². The molecule has 1 atom stereocenters. The number of carbonyl (C=O) groups is 2. The molecule has 0 fully saturated rings. The summed E-state index contributed by atoms with van der Waals surface area (Å²) >= 11 is 3.37. The van der Waals surface area contributed by atoms with Crippen LogP contribution in [0.1, 0.15) is 17.2 Å². The molecule has 0 saturated heterocycles. The number of aliphatic hydroxyl groups is 1. The first-order chi connectivity index (χ1) is 11.0. The summed E-state index contributed by atoms with van der Waals surface area (Å²) in [7, 11) is 0. The van der Waals surface area contributed by atoms with Crippen molar-refractivity contribution in [2.24, 2.45) is 0 Å². The number of anilines is 1. The number of nitrogens with one attached hydrogen (secondary N) is 1. The first-order valence-electron chi connectivity index (χ1n) is 6.93. The Morgan fingerprint density at radius 1 is 1.22 bits per heavy atom. The quantitative estimate of drug-likeness (QED) is 0.785. The fourth-order valence-electron chi connectivity index (χ4n) is 1.85. The zero-order valence-electron chi connectivity index (χ0n) is 12.5. The molecule has 0 unspecified atom stereocenters. The molecule has 1 amide bonds. The van der Waals surface area contributed by atoms with Crippen molar-refractivity contribution in [1.29, 1.82) is 0 Å². The number of rotatable bonds is 5. The standard InChI is InChI=1S/C17H16BrNO4/c1-11-7-8-13(9-14(11)18)19-15(20)10-23-17(22)16(21)12-5-3-2-4-6-12/h2-9,16,21H,10H2,1H3,(H,19,20)/t16-/m1/s1. The Hall–Kier alpha value is -2.18. The van der Waals surface area contributed by atoms with E-state index >= 15 is 0 Å². The number of hydrogen-bond donors (Lipinski definition) is 2. The number of halogens is 1. The van der Waals surface area contributed by atoms with Gasteiger partial charge in [0.1, 0.15) is 0 Å². The molecule has 2 rings (SSSR count). The lowest BCUT2D eigenvalue weighted by atomic mass is 10.1. The average Bonchev–Trinajstić information content (AvgIpc) is 2.56. The van der Waals surface area contributed by atoms with Crippen LogP contribution in [-0.2, 0) is 14.3 Å². The minimum absolute atomic E-state index is 0.417. The second-order valence-electron chi connectivity index (χ2n) is 4.93. The molecule has 5 nitrogen and oxygen atoms in total. The Bertz CT molecular complexity index is 703. The molecule has 23 heavy (non-hydrogen) atoms. The molecule has 0 aliphatic rings. The predicted octanol–water partition coefficient (Wildman–Crippen LogP) is 2.97. The summed E-state index contributed by atoms with van der Waals surface area (Å²) in [6.45, 7) is 1.47. The second-order valence-corrected chi connectivity index (χ2v) is 5.79. The van der Waals surface area contributed by atoms with Gasteiger partial charge >= 0.3 is 5.97 Å². The van der Waals surface area contributed by atoms with E-state index in [-0.39, 0.29) is 0 Å². The van der Waals surface area contributed by atoms with Gasteiger partial charge in [0, 0.05) is 10.2 Å². The lowest BCUT2D eigenvalue weighted by Crippen LogP contribution is -2.24. The van der Waals surface area contributed by atoms with E-state index in [2.05, 4.69) is 21.2 Å². The number of aliphatic hydroxyl groups excluding tert-OH is 1. The molecule has 0 saturated carbocycles. The summed E-state index contributed by atoms with van der Waals surface area (Å²) in [6.07, 6.45) is -1.41. The lowest BCUT2D eigenvalue weighted by molar-refractivity contribution is -0.156. The van der Waals surface area contributed by atoms with Crippen molar-refractivity contribution in [3.8, 4) is 0 Å². The molecule has 2 aromatic carbocycles. The third-order valence-corrected chi connectivity index (χ3v) is 3.99.